The minimum Gasteiger partial charge on any atom is -0.352 e. The van der Waals surface area contributed by atoms with E-state index in [0.29, 0.717) is 29.3 Å². The topological polar surface area (TPSA) is 63.2 Å². The van der Waals surface area contributed by atoms with Crippen LogP contribution in [0.1, 0.15) is 60.4 Å². The van der Waals surface area contributed by atoms with Gasteiger partial charge in [0, 0.05) is 12.1 Å². The van der Waals surface area contributed by atoms with Gasteiger partial charge in [-0.15, -0.1) is 0 Å². The summed E-state index contributed by atoms with van der Waals surface area (Å²) in [6, 6.07) is 16.3. The maximum absolute atomic E-state index is 12.3. The molecule has 27 heavy (non-hydrogen) atoms. The van der Waals surface area contributed by atoms with Crippen molar-refractivity contribution in [1.82, 2.24) is 5.32 Å². The van der Waals surface area contributed by atoms with Crippen molar-refractivity contribution in [2.75, 3.05) is 12.3 Å². The Morgan fingerprint density at radius 3 is 2.26 bits per heavy atom. The van der Waals surface area contributed by atoms with E-state index in [1.807, 2.05) is 12.1 Å². The molecule has 1 fully saturated rings. The van der Waals surface area contributed by atoms with Gasteiger partial charge in [0.15, 0.2) is 9.84 Å². The van der Waals surface area contributed by atoms with E-state index in [2.05, 4.69) is 17.4 Å². The van der Waals surface area contributed by atoms with Crippen molar-refractivity contribution in [2.45, 2.75) is 49.3 Å². The van der Waals surface area contributed by atoms with Crippen molar-refractivity contribution < 1.29 is 13.2 Å². The second-order valence-corrected chi connectivity index (χ2v) is 9.31. The standard InChI is InChI=1S/C22H27NO3S/c24-22(20-14-12-19(13-15-20)18-8-3-1-4-9-18)23-16-7-17-27(25,26)21-10-5-2-6-11-21/h2,5-6,10-15,18H,1,3-4,7-9,16-17H2,(H,23,24). The lowest BCUT2D eigenvalue weighted by molar-refractivity contribution is 0.0953. The number of carbonyl (C=O) groups excluding carboxylic acids is 1. The summed E-state index contributed by atoms with van der Waals surface area (Å²) in [6.45, 7) is 0.343. The summed E-state index contributed by atoms with van der Waals surface area (Å²) in [5.41, 5.74) is 1.95. The molecule has 1 saturated carbocycles. The first kappa shape index (κ1) is 19.6. The molecule has 1 amide bonds. The van der Waals surface area contributed by atoms with Crippen LogP contribution < -0.4 is 5.32 Å². The quantitative estimate of drug-likeness (QED) is 0.722. The van der Waals surface area contributed by atoms with Gasteiger partial charge in [-0.25, -0.2) is 8.42 Å². The van der Waals surface area contributed by atoms with Gasteiger partial charge in [-0.05, 0) is 55.0 Å². The van der Waals surface area contributed by atoms with Crippen LogP contribution in [0.15, 0.2) is 59.5 Å². The summed E-state index contributed by atoms with van der Waals surface area (Å²) in [6.07, 6.45) is 6.78. The molecule has 0 heterocycles. The average Bonchev–Trinajstić information content (AvgIpc) is 2.72. The summed E-state index contributed by atoms with van der Waals surface area (Å²) in [5, 5.41) is 2.82. The average molecular weight is 386 g/mol. The van der Waals surface area contributed by atoms with Gasteiger partial charge in [-0.2, -0.15) is 0 Å². The van der Waals surface area contributed by atoms with Gasteiger partial charge in [0.05, 0.1) is 10.6 Å². The third kappa shape index (κ3) is 5.42. The highest BCUT2D eigenvalue weighted by Crippen LogP contribution is 2.32. The summed E-state index contributed by atoms with van der Waals surface area (Å²) in [7, 11) is -3.29. The smallest absolute Gasteiger partial charge is 0.251 e. The lowest BCUT2D eigenvalue weighted by Crippen LogP contribution is -2.26. The Bertz CT molecular complexity index is 839. The predicted octanol–water partition coefficient (Wildman–Crippen LogP) is 4.33. The van der Waals surface area contributed by atoms with Crippen molar-refractivity contribution >= 4 is 15.7 Å². The number of hydrogen-bond acceptors (Lipinski definition) is 3. The maximum Gasteiger partial charge on any atom is 0.251 e. The molecule has 0 saturated heterocycles. The fourth-order valence-corrected chi connectivity index (χ4v) is 4.99. The minimum absolute atomic E-state index is 0.0257. The highest BCUT2D eigenvalue weighted by atomic mass is 32.2. The highest BCUT2D eigenvalue weighted by molar-refractivity contribution is 7.91. The molecular weight excluding hydrogens is 358 g/mol. The Balaban J connectivity index is 1.46. The number of nitrogens with one attached hydrogen (secondary N) is 1. The van der Waals surface area contributed by atoms with Crippen LogP contribution in [0.5, 0.6) is 0 Å². The van der Waals surface area contributed by atoms with Gasteiger partial charge in [-0.3, -0.25) is 4.79 Å². The van der Waals surface area contributed by atoms with Gasteiger partial charge in [0.1, 0.15) is 0 Å². The molecule has 2 aromatic rings. The van der Waals surface area contributed by atoms with Crippen LogP contribution in [0.3, 0.4) is 0 Å². The van der Waals surface area contributed by atoms with E-state index in [1.54, 1.807) is 30.3 Å². The van der Waals surface area contributed by atoms with E-state index in [4.69, 9.17) is 0 Å². The van der Waals surface area contributed by atoms with Crippen LogP contribution in [-0.4, -0.2) is 26.6 Å². The molecule has 0 radical (unpaired) electrons. The number of sulfone groups is 1. The molecule has 2 aromatic carbocycles. The number of carbonyl (C=O) groups is 1. The van der Waals surface area contributed by atoms with Crippen molar-refractivity contribution in [3.63, 3.8) is 0 Å². The van der Waals surface area contributed by atoms with Crippen molar-refractivity contribution in [2.24, 2.45) is 0 Å². The first-order valence-electron chi connectivity index (χ1n) is 9.72. The van der Waals surface area contributed by atoms with Gasteiger partial charge in [0.2, 0.25) is 0 Å². The maximum atomic E-state index is 12.3. The van der Waals surface area contributed by atoms with Crippen molar-refractivity contribution in [3.05, 3.63) is 65.7 Å². The molecule has 0 unspecified atom stereocenters. The number of rotatable bonds is 7. The third-order valence-electron chi connectivity index (χ3n) is 5.23. The fourth-order valence-electron chi connectivity index (χ4n) is 3.65. The van der Waals surface area contributed by atoms with Crippen LogP contribution in [0.4, 0.5) is 0 Å². The Labute approximate surface area is 161 Å². The highest BCUT2D eigenvalue weighted by Gasteiger charge is 2.16. The molecule has 144 valence electrons. The van der Waals surface area contributed by atoms with Crippen molar-refractivity contribution in [3.8, 4) is 0 Å². The summed E-state index contributed by atoms with van der Waals surface area (Å²) < 4.78 is 24.4. The van der Waals surface area contributed by atoms with Crippen LogP contribution in [-0.2, 0) is 9.84 Å². The summed E-state index contributed by atoms with van der Waals surface area (Å²) >= 11 is 0. The number of benzene rings is 2. The molecule has 5 heteroatoms. The van der Waals surface area contributed by atoms with Gasteiger partial charge in [0.25, 0.3) is 5.91 Å². The lowest BCUT2D eigenvalue weighted by Gasteiger charge is -2.22. The molecular formula is C22H27NO3S. The Morgan fingerprint density at radius 2 is 1.59 bits per heavy atom. The number of amides is 1. The Morgan fingerprint density at radius 1 is 0.926 bits per heavy atom. The van der Waals surface area contributed by atoms with Gasteiger partial charge >= 0.3 is 0 Å². The van der Waals surface area contributed by atoms with Crippen LogP contribution in [0, 0.1) is 0 Å². The van der Waals surface area contributed by atoms with E-state index >= 15 is 0 Å². The molecule has 3 rings (SSSR count). The van der Waals surface area contributed by atoms with Crippen molar-refractivity contribution in [1.29, 1.82) is 0 Å². The van der Waals surface area contributed by atoms with Gasteiger partial charge in [-0.1, -0.05) is 49.6 Å². The second-order valence-electron chi connectivity index (χ2n) is 7.20. The van der Waals surface area contributed by atoms with Crippen LogP contribution >= 0.6 is 0 Å². The molecule has 0 bridgehead atoms. The molecule has 1 aliphatic carbocycles. The monoisotopic (exact) mass is 385 g/mol. The molecule has 4 nitrogen and oxygen atoms in total. The SMILES string of the molecule is O=C(NCCCS(=O)(=O)c1ccccc1)c1ccc(C2CCCCC2)cc1. The molecule has 0 spiro atoms. The molecule has 0 atom stereocenters. The third-order valence-corrected chi connectivity index (χ3v) is 7.04. The molecule has 0 aliphatic heterocycles. The van der Waals surface area contributed by atoms with Gasteiger partial charge < -0.3 is 5.32 Å². The van der Waals surface area contributed by atoms with Crippen LogP contribution in [0.2, 0.25) is 0 Å². The van der Waals surface area contributed by atoms with E-state index < -0.39 is 9.84 Å². The first-order valence-corrected chi connectivity index (χ1v) is 11.4. The molecule has 1 N–H and O–H groups in total. The summed E-state index contributed by atoms with van der Waals surface area (Å²) in [5.74, 6) is 0.499. The molecule has 0 aromatic heterocycles. The Hall–Kier alpha value is -2.14. The normalized spacial score (nSPS) is 15.4. The fraction of sp³-hybridized carbons (Fsp3) is 0.409. The van der Waals surface area contributed by atoms with E-state index in [0.717, 1.165) is 0 Å². The summed E-state index contributed by atoms with van der Waals surface area (Å²) in [4.78, 5) is 12.6. The zero-order chi connectivity index (χ0) is 19.1. The van der Waals surface area contributed by atoms with E-state index in [-0.39, 0.29) is 11.7 Å². The minimum atomic E-state index is -3.29. The predicted molar refractivity (Wildman–Crippen MR) is 108 cm³/mol. The second kappa shape index (κ2) is 9.18. The first-order chi connectivity index (χ1) is 13.1. The molecule has 1 aliphatic rings. The van der Waals surface area contributed by atoms with Crippen LogP contribution in [0.25, 0.3) is 0 Å². The Kier molecular flexibility index (Phi) is 6.67. The number of hydrogen-bond donors (Lipinski definition) is 1. The van der Waals surface area contributed by atoms with E-state index in [1.165, 1.54) is 37.7 Å². The zero-order valence-electron chi connectivity index (χ0n) is 15.6. The zero-order valence-corrected chi connectivity index (χ0v) is 16.4. The largest absolute Gasteiger partial charge is 0.352 e. The van der Waals surface area contributed by atoms with E-state index in [9.17, 15) is 13.2 Å². The lowest BCUT2D eigenvalue weighted by atomic mass is 9.84.